The Balaban J connectivity index is 2.08. The van der Waals surface area contributed by atoms with E-state index in [0.717, 1.165) is 48.9 Å². The molecule has 4 heteroatoms. The van der Waals surface area contributed by atoms with E-state index < -0.39 is 0 Å². The Morgan fingerprint density at radius 2 is 2.20 bits per heavy atom. The van der Waals surface area contributed by atoms with E-state index >= 15 is 0 Å². The highest BCUT2D eigenvalue weighted by atomic mass is 35.5. The number of ether oxygens (including phenoxy) is 1. The molecule has 0 radical (unpaired) electrons. The second-order valence-corrected chi connectivity index (χ2v) is 5.85. The standard InChI is InChI=1S/C16H20ClNO2/c1-3-8-19-10-15-12-9-18(2)7-6-11-13(17)4-5-14(20-15)16(11)12/h4-5H,3,6-10H2,1-2H3. The second-order valence-electron chi connectivity index (χ2n) is 5.44. The zero-order valence-electron chi connectivity index (χ0n) is 12.0. The van der Waals surface area contributed by atoms with Gasteiger partial charge in [-0.3, -0.25) is 0 Å². The second kappa shape index (κ2) is 5.76. The molecule has 2 aromatic rings. The summed E-state index contributed by atoms with van der Waals surface area (Å²) in [5, 5.41) is 2.05. The fourth-order valence-electron chi connectivity index (χ4n) is 2.84. The molecule has 0 saturated heterocycles. The van der Waals surface area contributed by atoms with Crippen LogP contribution in [0.5, 0.6) is 0 Å². The summed E-state index contributed by atoms with van der Waals surface area (Å²) in [7, 11) is 2.13. The zero-order chi connectivity index (χ0) is 14.1. The summed E-state index contributed by atoms with van der Waals surface area (Å²) in [6, 6.07) is 3.91. The fraction of sp³-hybridized carbons (Fsp3) is 0.500. The Bertz CT molecular complexity index is 620. The summed E-state index contributed by atoms with van der Waals surface area (Å²) in [6.07, 6.45) is 1.99. The van der Waals surface area contributed by atoms with Gasteiger partial charge in [0.1, 0.15) is 18.0 Å². The summed E-state index contributed by atoms with van der Waals surface area (Å²) < 4.78 is 11.7. The minimum Gasteiger partial charge on any atom is -0.458 e. The van der Waals surface area contributed by atoms with Gasteiger partial charge in [0.05, 0.1) is 0 Å². The average molecular weight is 294 g/mol. The van der Waals surface area contributed by atoms with Crippen LogP contribution in [0.25, 0.3) is 11.0 Å². The van der Waals surface area contributed by atoms with Crippen LogP contribution >= 0.6 is 11.6 Å². The van der Waals surface area contributed by atoms with Crippen molar-refractivity contribution < 1.29 is 9.15 Å². The lowest BCUT2D eigenvalue weighted by molar-refractivity contribution is 0.106. The lowest BCUT2D eigenvalue weighted by Gasteiger charge is -2.13. The monoisotopic (exact) mass is 293 g/mol. The van der Waals surface area contributed by atoms with E-state index in [4.69, 9.17) is 20.8 Å². The number of nitrogens with zero attached hydrogens (tertiary/aromatic N) is 1. The van der Waals surface area contributed by atoms with Gasteiger partial charge < -0.3 is 14.1 Å². The van der Waals surface area contributed by atoms with E-state index in [1.165, 1.54) is 16.5 Å². The van der Waals surface area contributed by atoms with E-state index in [2.05, 4.69) is 18.9 Å². The topological polar surface area (TPSA) is 25.6 Å². The van der Waals surface area contributed by atoms with Crippen LogP contribution in [-0.4, -0.2) is 25.1 Å². The van der Waals surface area contributed by atoms with Crippen LogP contribution in [0.2, 0.25) is 5.02 Å². The predicted octanol–water partition coefficient (Wildman–Crippen LogP) is 4.00. The van der Waals surface area contributed by atoms with Gasteiger partial charge >= 0.3 is 0 Å². The Kier molecular flexibility index (Phi) is 4.01. The highest BCUT2D eigenvalue weighted by Gasteiger charge is 2.23. The maximum atomic E-state index is 6.37. The molecule has 0 fully saturated rings. The number of benzene rings is 1. The first-order valence-corrected chi connectivity index (χ1v) is 7.56. The first-order chi connectivity index (χ1) is 9.70. The minimum atomic E-state index is 0.544. The van der Waals surface area contributed by atoms with Gasteiger partial charge in [-0.05, 0) is 37.6 Å². The van der Waals surface area contributed by atoms with Gasteiger partial charge in [0.2, 0.25) is 0 Å². The Hall–Kier alpha value is -1.03. The van der Waals surface area contributed by atoms with E-state index in [-0.39, 0.29) is 0 Å². The number of hydrogen-bond donors (Lipinski definition) is 0. The number of hydrogen-bond acceptors (Lipinski definition) is 3. The van der Waals surface area contributed by atoms with Gasteiger partial charge in [0.15, 0.2) is 0 Å². The molecule has 1 aromatic heterocycles. The van der Waals surface area contributed by atoms with Crippen molar-refractivity contribution >= 4 is 22.6 Å². The molecule has 0 saturated carbocycles. The molecule has 0 unspecified atom stereocenters. The molecule has 3 nitrogen and oxygen atoms in total. The molecule has 0 bridgehead atoms. The molecule has 20 heavy (non-hydrogen) atoms. The SMILES string of the molecule is CCCOCc1oc2ccc(Cl)c3c2c1CN(C)CC3. The smallest absolute Gasteiger partial charge is 0.135 e. The van der Waals surface area contributed by atoms with Crippen molar-refractivity contribution in [3.63, 3.8) is 0 Å². The molecule has 0 spiro atoms. The van der Waals surface area contributed by atoms with Crippen molar-refractivity contribution in [1.29, 1.82) is 0 Å². The van der Waals surface area contributed by atoms with Crippen molar-refractivity contribution in [1.82, 2.24) is 4.90 Å². The van der Waals surface area contributed by atoms with Crippen LogP contribution in [-0.2, 0) is 24.3 Å². The van der Waals surface area contributed by atoms with Crippen molar-refractivity contribution in [2.75, 3.05) is 20.2 Å². The number of halogens is 1. The van der Waals surface area contributed by atoms with Gasteiger partial charge in [-0.2, -0.15) is 0 Å². The Morgan fingerprint density at radius 1 is 1.35 bits per heavy atom. The van der Waals surface area contributed by atoms with Crippen LogP contribution in [0.1, 0.15) is 30.2 Å². The van der Waals surface area contributed by atoms with Gasteiger partial charge in [-0.25, -0.2) is 0 Å². The molecule has 0 N–H and O–H groups in total. The number of rotatable bonds is 4. The largest absolute Gasteiger partial charge is 0.458 e. The molecule has 0 atom stereocenters. The normalized spacial score (nSPS) is 15.8. The maximum Gasteiger partial charge on any atom is 0.135 e. The first kappa shape index (κ1) is 13.9. The third-order valence-electron chi connectivity index (χ3n) is 3.84. The quantitative estimate of drug-likeness (QED) is 0.797. The minimum absolute atomic E-state index is 0.544. The summed E-state index contributed by atoms with van der Waals surface area (Å²) in [4.78, 5) is 2.31. The average Bonchev–Trinajstić information content (AvgIpc) is 2.65. The highest BCUT2D eigenvalue weighted by Crippen LogP contribution is 2.36. The molecule has 1 aliphatic rings. The third-order valence-corrected chi connectivity index (χ3v) is 4.20. The summed E-state index contributed by atoms with van der Waals surface area (Å²) >= 11 is 6.37. The lowest BCUT2D eigenvalue weighted by Crippen LogP contribution is -2.19. The summed E-state index contributed by atoms with van der Waals surface area (Å²) in [5.74, 6) is 0.950. The predicted molar refractivity (Wildman–Crippen MR) is 81.2 cm³/mol. The van der Waals surface area contributed by atoms with Gasteiger partial charge in [-0.1, -0.05) is 18.5 Å². The van der Waals surface area contributed by atoms with Crippen molar-refractivity contribution in [3.05, 3.63) is 34.0 Å². The van der Waals surface area contributed by atoms with Crippen LogP contribution in [0.15, 0.2) is 16.5 Å². The molecule has 0 aliphatic carbocycles. The first-order valence-electron chi connectivity index (χ1n) is 7.18. The van der Waals surface area contributed by atoms with E-state index in [0.29, 0.717) is 6.61 Å². The van der Waals surface area contributed by atoms with E-state index in [9.17, 15) is 0 Å². The molecule has 2 heterocycles. The Labute approximate surface area is 124 Å². The highest BCUT2D eigenvalue weighted by molar-refractivity contribution is 6.32. The molecule has 108 valence electrons. The van der Waals surface area contributed by atoms with Gasteiger partial charge in [0.25, 0.3) is 0 Å². The van der Waals surface area contributed by atoms with Crippen molar-refractivity contribution in [2.45, 2.75) is 32.9 Å². The fourth-order valence-corrected chi connectivity index (χ4v) is 3.09. The third kappa shape index (κ3) is 2.46. The van der Waals surface area contributed by atoms with E-state index in [1.54, 1.807) is 0 Å². The van der Waals surface area contributed by atoms with Crippen molar-refractivity contribution in [3.8, 4) is 0 Å². The van der Waals surface area contributed by atoms with Crippen LogP contribution in [0, 0.1) is 0 Å². The Morgan fingerprint density at radius 3 is 3.00 bits per heavy atom. The number of likely N-dealkylation sites (N-methyl/N-ethyl adjacent to an activating group) is 1. The number of furan rings is 1. The molecule has 0 amide bonds. The zero-order valence-corrected chi connectivity index (χ0v) is 12.8. The molecule has 1 aliphatic heterocycles. The lowest BCUT2D eigenvalue weighted by atomic mass is 10.0. The molecule has 1 aromatic carbocycles. The van der Waals surface area contributed by atoms with Crippen LogP contribution in [0.4, 0.5) is 0 Å². The van der Waals surface area contributed by atoms with Crippen LogP contribution < -0.4 is 0 Å². The molecule has 3 rings (SSSR count). The summed E-state index contributed by atoms with van der Waals surface area (Å²) in [6.45, 7) is 5.33. The maximum absolute atomic E-state index is 6.37. The van der Waals surface area contributed by atoms with Gasteiger partial charge in [0, 0.05) is 35.7 Å². The van der Waals surface area contributed by atoms with E-state index in [1.807, 2.05) is 12.1 Å². The van der Waals surface area contributed by atoms with Gasteiger partial charge in [-0.15, -0.1) is 0 Å². The van der Waals surface area contributed by atoms with Crippen LogP contribution in [0.3, 0.4) is 0 Å². The van der Waals surface area contributed by atoms with Crippen molar-refractivity contribution in [2.24, 2.45) is 0 Å². The molecular weight excluding hydrogens is 274 g/mol. The molecular formula is C16H20ClNO2. The summed E-state index contributed by atoms with van der Waals surface area (Å²) in [5.41, 5.74) is 3.40.